The standard InChI is InChI=1S/C26H30N2O6/c1-5-8-19(24(31)32)16-11-12-21(27-25(33)34-26(2,3)4)20(13-16)22(29)23(30)28-14-17-9-6-7-10-18(17)15-28/h6-7,9-13,19H,5,8,14-15H2,1-4H3,(H,27,33)(H,31,32). The number of amides is 2. The quantitative estimate of drug-likeness (QED) is 0.451. The van der Waals surface area contributed by atoms with Crippen LogP contribution in [0.3, 0.4) is 0 Å². The molecule has 8 heteroatoms. The van der Waals surface area contributed by atoms with Gasteiger partial charge in [-0.25, -0.2) is 4.79 Å². The van der Waals surface area contributed by atoms with Gasteiger partial charge in [-0.05, 0) is 56.0 Å². The second-order valence-corrected chi connectivity index (χ2v) is 9.37. The van der Waals surface area contributed by atoms with Crippen LogP contribution < -0.4 is 5.32 Å². The fraction of sp³-hybridized carbons (Fsp3) is 0.385. The van der Waals surface area contributed by atoms with Crippen LogP contribution in [0.25, 0.3) is 0 Å². The van der Waals surface area contributed by atoms with Crippen LogP contribution in [0.4, 0.5) is 10.5 Å². The van der Waals surface area contributed by atoms with Crippen LogP contribution in [0.1, 0.15) is 73.5 Å². The first-order valence-corrected chi connectivity index (χ1v) is 11.3. The zero-order valence-electron chi connectivity index (χ0n) is 19.9. The maximum absolute atomic E-state index is 13.3. The fourth-order valence-corrected chi connectivity index (χ4v) is 3.95. The Morgan fingerprint density at radius 1 is 1.06 bits per heavy atom. The summed E-state index contributed by atoms with van der Waals surface area (Å²) in [6, 6.07) is 12.0. The number of carboxylic acid groups (broad SMARTS) is 1. The van der Waals surface area contributed by atoms with E-state index in [1.807, 2.05) is 31.2 Å². The molecule has 0 aliphatic carbocycles. The molecule has 0 aromatic heterocycles. The van der Waals surface area contributed by atoms with E-state index in [1.165, 1.54) is 17.0 Å². The summed E-state index contributed by atoms with van der Waals surface area (Å²) < 4.78 is 5.28. The second-order valence-electron chi connectivity index (χ2n) is 9.37. The van der Waals surface area contributed by atoms with E-state index >= 15 is 0 Å². The van der Waals surface area contributed by atoms with Crippen molar-refractivity contribution in [2.24, 2.45) is 0 Å². The predicted octanol–water partition coefficient (Wildman–Crippen LogP) is 4.73. The molecule has 34 heavy (non-hydrogen) atoms. The van der Waals surface area contributed by atoms with Crippen molar-refractivity contribution in [1.29, 1.82) is 0 Å². The number of Topliss-reactive ketones (excluding diaryl/α,β-unsaturated/α-hetero) is 1. The van der Waals surface area contributed by atoms with E-state index in [0.717, 1.165) is 11.1 Å². The van der Waals surface area contributed by atoms with Gasteiger partial charge in [-0.3, -0.25) is 19.7 Å². The number of hydrogen-bond donors (Lipinski definition) is 2. The molecule has 2 aromatic rings. The summed E-state index contributed by atoms with van der Waals surface area (Å²) in [7, 11) is 0. The number of ketones is 1. The third-order valence-corrected chi connectivity index (χ3v) is 5.52. The number of anilines is 1. The molecule has 1 atom stereocenters. The minimum Gasteiger partial charge on any atom is -0.481 e. The Morgan fingerprint density at radius 2 is 1.68 bits per heavy atom. The number of carbonyl (C=O) groups excluding carboxylic acids is 3. The van der Waals surface area contributed by atoms with Crippen molar-refractivity contribution in [1.82, 2.24) is 4.90 Å². The van der Waals surface area contributed by atoms with Crippen molar-refractivity contribution in [2.75, 3.05) is 5.32 Å². The number of aliphatic carboxylic acids is 1. The van der Waals surface area contributed by atoms with Crippen molar-refractivity contribution in [3.8, 4) is 0 Å². The van der Waals surface area contributed by atoms with E-state index in [9.17, 15) is 24.3 Å². The van der Waals surface area contributed by atoms with Gasteiger partial charge >= 0.3 is 12.1 Å². The number of rotatable bonds is 7. The van der Waals surface area contributed by atoms with Crippen molar-refractivity contribution in [2.45, 2.75) is 65.1 Å². The maximum Gasteiger partial charge on any atom is 0.412 e. The first-order valence-electron chi connectivity index (χ1n) is 11.3. The smallest absolute Gasteiger partial charge is 0.412 e. The Hall–Kier alpha value is -3.68. The van der Waals surface area contributed by atoms with E-state index in [2.05, 4.69) is 5.32 Å². The lowest BCUT2D eigenvalue weighted by molar-refractivity contribution is -0.139. The zero-order chi connectivity index (χ0) is 25.0. The van der Waals surface area contributed by atoms with Gasteiger partial charge in [0.25, 0.3) is 11.7 Å². The first kappa shape index (κ1) is 25.0. The summed E-state index contributed by atoms with van der Waals surface area (Å²) in [5.74, 6) is -3.39. The minimum atomic E-state index is -1.02. The molecule has 0 radical (unpaired) electrons. The average molecular weight is 467 g/mol. The van der Waals surface area contributed by atoms with E-state index in [4.69, 9.17) is 4.74 Å². The predicted molar refractivity (Wildman–Crippen MR) is 127 cm³/mol. The highest BCUT2D eigenvalue weighted by molar-refractivity contribution is 6.44. The van der Waals surface area contributed by atoms with Gasteiger partial charge in [0.15, 0.2) is 0 Å². The summed E-state index contributed by atoms with van der Waals surface area (Å²) >= 11 is 0. The average Bonchev–Trinajstić information content (AvgIpc) is 3.19. The number of carboxylic acids is 1. The lowest BCUT2D eigenvalue weighted by atomic mass is 9.91. The number of nitrogens with zero attached hydrogens (tertiary/aromatic N) is 1. The lowest BCUT2D eigenvalue weighted by Crippen LogP contribution is -2.33. The summed E-state index contributed by atoms with van der Waals surface area (Å²) in [5, 5.41) is 12.2. The summed E-state index contributed by atoms with van der Waals surface area (Å²) in [6.45, 7) is 7.61. The van der Waals surface area contributed by atoms with Crippen LogP contribution in [0.2, 0.25) is 0 Å². The number of hydrogen-bond acceptors (Lipinski definition) is 5. The van der Waals surface area contributed by atoms with Crippen molar-refractivity contribution < 1.29 is 29.0 Å². The van der Waals surface area contributed by atoms with Crippen LogP contribution in [0.15, 0.2) is 42.5 Å². The number of carbonyl (C=O) groups is 4. The Kier molecular flexibility index (Phi) is 7.39. The second kappa shape index (κ2) is 10.1. The Labute approximate surface area is 198 Å². The molecule has 0 spiro atoms. The third kappa shape index (κ3) is 5.81. The van der Waals surface area contributed by atoms with E-state index < -0.39 is 35.3 Å². The Morgan fingerprint density at radius 3 is 2.21 bits per heavy atom. The molecule has 3 rings (SSSR count). The number of nitrogens with one attached hydrogen (secondary N) is 1. The molecular formula is C26H30N2O6. The monoisotopic (exact) mass is 466 g/mol. The van der Waals surface area contributed by atoms with Crippen LogP contribution >= 0.6 is 0 Å². The Bertz CT molecular complexity index is 1090. The maximum atomic E-state index is 13.3. The summed E-state index contributed by atoms with van der Waals surface area (Å²) in [6.07, 6.45) is 0.221. The molecule has 1 aliphatic heterocycles. The molecule has 2 aromatic carbocycles. The molecular weight excluding hydrogens is 436 g/mol. The van der Waals surface area contributed by atoms with Crippen molar-refractivity contribution >= 4 is 29.4 Å². The van der Waals surface area contributed by atoms with Crippen LogP contribution in [0, 0.1) is 0 Å². The van der Waals surface area contributed by atoms with Gasteiger partial charge < -0.3 is 14.7 Å². The normalized spacial score (nSPS) is 13.7. The molecule has 0 saturated carbocycles. The van der Waals surface area contributed by atoms with Gasteiger partial charge in [-0.15, -0.1) is 0 Å². The molecule has 2 amide bonds. The highest BCUT2D eigenvalue weighted by Crippen LogP contribution is 2.29. The van der Waals surface area contributed by atoms with Crippen LogP contribution in [-0.2, 0) is 27.4 Å². The van der Waals surface area contributed by atoms with E-state index in [0.29, 0.717) is 31.5 Å². The molecule has 1 aliphatic rings. The van der Waals surface area contributed by atoms with Crippen molar-refractivity contribution in [3.63, 3.8) is 0 Å². The van der Waals surface area contributed by atoms with Gasteiger partial charge in [-0.1, -0.05) is 43.7 Å². The largest absolute Gasteiger partial charge is 0.481 e. The zero-order valence-corrected chi connectivity index (χ0v) is 19.9. The number of benzene rings is 2. The molecule has 180 valence electrons. The highest BCUT2D eigenvalue weighted by atomic mass is 16.6. The molecule has 8 nitrogen and oxygen atoms in total. The lowest BCUT2D eigenvalue weighted by Gasteiger charge is -2.21. The molecule has 1 unspecified atom stereocenters. The van der Waals surface area contributed by atoms with Crippen molar-refractivity contribution in [3.05, 3.63) is 64.7 Å². The van der Waals surface area contributed by atoms with Crippen LogP contribution in [0.5, 0.6) is 0 Å². The molecule has 1 heterocycles. The van der Waals surface area contributed by atoms with Gasteiger partial charge in [0.2, 0.25) is 0 Å². The number of fused-ring (bicyclic) bond motifs is 1. The van der Waals surface area contributed by atoms with Gasteiger partial charge in [0, 0.05) is 13.1 Å². The van der Waals surface area contributed by atoms with Crippen LogP contribution in [-0.4, -0.2) is 39.4 Å². The molecule has 0 bridgehead atoms. The van der Waals surface area contributed by atoms with E-state index in [-0.39, 0.29) is 11.3 Å². The third-order valence-electron chi connectivity index (χ3n) is 5.52. The highest BCUT2D eigenvalue weighted by Gasteiger charge is 2.31. The van der Waals surface area contributed by atoms with E-state index in [1.54, 1.807) is 26.8 Å². The fourth-order valence-electron chi connectivity index (χ4n) is 3.95. The minimum absolute atomic E-state index is 0.0633. The first-order chi connectivity index (χ1) is 16.0. The van der Waals surface area contributed by atoms with Gasteiger partial charge in [0.1, 0.15) is 5.60 Å². The number of ether oxygens (including phenoxy) is 1. The molecule has 0 fully saturated rings. The van der Waals surface area contributed by atoms with Gasteiger partial charge in [0.05, 0.1) is 17.2 Å². The summed E-state index contributed by atoms with van der Waals surface area (Å²) in [5.41, 5.74) is 1.60. The SMILES string of the molecule is CCCC(C(=O)O)c1ccc(NC(=O)OC(C)(C)C)c(C(=O)C(=O)N2Cc3ccccc3C2)c1. The Balaban J connectivity index is 1.94. The molecule has 2 N–H and O–H groups in total. The topological polar surface area (TPSA) is 113 Å². The van der Waals surface area contributed by atoms with Gasteiger partial charge in [-0.2, -0.15) is 0 Å². The molecule has 0 saturated heterocycles. The summed E-state index contributed by atoms with van der Waals surface area (Å²) in [4.78, 5) is 52.1.